The first-order chi connectivity index (χ1) is 9.69. The average Bonchev–Trinajstić information content (AvgIpc) is 3.00. The van der Waals surface area contributed by atoms with E-state index in [2.05, 4.69) is 42.2 Å². The molecule has 102 valence electrons. The van der Waals surface area contributed by atoms with Gasteiger partial charge in [0.15, 0.2) is 0 Å². The van der Waals surface area contributed by atoms with Gasteiger partial charge in [-0.2, -0.15) is 0 Å². The smallest absolute Gasteiger partial charge is 0.354 e. The number of allylic oxidation sites excluding steroid dienone is 1. The molecule has 2 aromatic rings. The van der Waals surface area contributed by atoms with Crippen LogP contribution < -0.4 is 0 Å². The molecule has 3 rings (SSSR count). The van der Waals surface area contributed by atoms with E-state index in [0.717, 1.165) is 23.3 Å². The molecule has 1 heterocycles. The SMILES string of the molecule is CCOC(=O)c1cc2c([nH]1)C(c1ccc(C)cc1)=CC2. The highest BCUT2D eigenvalue weighted by Crippen LogP contribution is 2.32. The normalized spacial score (nSPS) is 13.0. The molecule has 3 heteroatoms. The molecule has 0 saturated carbocycles. The summed E-state index contributed by atoms with van der Waals surface area (Å²) in [5.41, 5.74) is 6.31. The summed E-state index contributed by atoms with van der Waals surface area (Å²) >= 11 is 0. The van der Waals surface area contributed by atoms with E-state index in [1.54, 1.807) is 0 Å². The molecular weight excluding hydrogens is 250 g/mol. The first-order valence-corrected chi connectivity index (χ1v) is 6.85. The van der Waals surface area contributed by atoms with E-state index in [0.29, 0.717) is 12.3 Å². The average molecular weight is 267 g/mol. The number of aryl methyl sites for hydroxylation is 1. The van der Waals surface area contributed by atoms with Crippen molar-refractivity contribution in [2.45, 2.75) is 20.3 Å². The highest BCUT2D eigenvalue weighted by Gasteiger charge is 2.21. The van der Waals surface area contributed by atoms with Gasteiger partial charge < -0.3 is 9.72 Å². The molecule has 0 saturated heterocycles. The lowest BCUT2D eigenvalue weighted by atomic mass is 10.0. The van der Waals surface area contributed by atoms with Crippen molar-refractivity contribution in [2.75, 3.05) is 6.61 Å². The van der Waals surface area contributed by atoms with Crippen LogP contribution in [-0.2, 0) is 11.2 Å². The number of fused-ring (bicyclic) bond motifs is 1. The van der Waals surface area contributed by atoms with Gasteiger partial charge >= 0.3 is 5.97 Å². The summed E-state index contributed by atoms with van der Waals surface area (Å²) in [5.74, 6) is -0.287. The number of aromatic nitrogens is 1. The van der Waals surface area contributed by atoms with Crippen molar-refractivity contribution in [2.24, 2.45) is 0 Å². The Bertz CT molecular complexity index is 678. The van der Waals surface area contributed by atoms with Crippen molar-refractivity contribution in [1.29, 1.82) is 0 Å². The Morgan fingerprint density at radius 3 is 2.75 bits per heavy atom. The van der Waals surface area contributed by atoms with E-state index in [1.807, 2.05) is 13.0 Å². The summed E-state index contributed by atoms with van der Waals surface area (Å²) in [6, 6.07) is 10.3. The first-order valence-electron chi connectivity index (χ1n) is 6.85. The molecule has 0 amide bonds. The number of benzene rings is 1. The molecule has 0 fully saturated rings. The van der Waals surface area contributed by atoms with Gasteiger partial charge in [0.25, 0.3) is 0 Å². The highest BCUT2D eigenvalue weighted by atomic mass is 16.5. The fourth-order valence-electron chi connectivity index (χ4n) is 2.53. The standard InChI is InChI=1S/C17H17NO2/c1-3-20-17(19)15-10-13-8-9-14(16(13)18-15)12-6-4-11(2)5-7-12/h4-7,9-10,18H,3,8H2,1-2H3. The maximum absolute atomic E-state index is 11.8. The van der Waals surface area contributed by atoms with Gasteiger partial charge in [0.2, 0.25) is 0 Å². The summed E-state index contributed by atoms with van der Waals surface area (Å²) in [6.45, 7) is 4.28. The number of hydrogen-bond donors (Lipinski definition) is 1. The van der Waals surface area contributed by atoms with E-state index in [-0.39, 0.29) is 5.97 Å². The Morgan fingerprint density at radius 2 is 2.05 bits per heavy atom. The monoisotopic (exact) mass is 267 g/mol. The minimum atomic E-state index is -0.287. The quantitative estimate of drug-likeness (QED) is 0.865. The zero-order valence-corrected chi connectivity index (χ0v) is 11.7. The second kappa shape index (κ2) is 5.00. The van der Waals surface area contributed by atoms with Gasteiger partial charge in [-0.05, 0) is 37.5 Å². The van der Waals surface area contributed by atoms with E-state index in [1.165, 1.54) is 11.1 Å². The second-order valence-electron chi connectivity index (χ2n) is 4.99. The van der Waals surface area contributed by atoms with Crippen molar-refractivity contribution in [1.82, 2.24) is 4.98 Å². The zero-order chi connectivity index (χ0) is 14.1. The van der Waals surface area contributed by atoms with Crippen molar-refractivity contribution in [3.05, 3.63) is 64.5 Å². The van der Waals surface area contributed by atoms with Gasteiger partial charge in [0, 0.05) is 11.3 Å². The van der Waals surface area contributed by atoms with Crippen molar-refractivity contribution < 1.29 is 9.53 Å². The maximum atomic E-state index is 11.8. The number of carbonyl (C=O) groups is 1. The van der Waals surface area contributed by atoms with Crippen LogP contribution in [0.25, 0.3) is 5.57 Å². The van der Waals surface area contributed by atoms with Crippen molar-refractivity contribution in [3.8, 4) is 0 Å². The van der Waals surface area contributed by atoms with Crippen LogP contribution >= 0.6 is 0 Å². The Hall–Kier alpha value is -2.29. The van der Waals surface area contributed by atoms with Crippen LogP contribution in [0.3, 0.4) is 0 Å². The molecule has 1 N–H and O–H groups in total. The van der Waals surface area contributed by atoms with Crippen LogP contribution in [0.1, 0.15) is 39.8 Å². The minimum absolute atomic E-state index is 0.287. The predicted molar refractivity (Wildman–Crippen MR) is 78.7 cm³/mol. The van der Waals surface area contributed by atoms with Gasteiger partial charge in [0.1, 0.15) is 5.69 Å². The second-order valence-corrected chi connectivity index (χ2v) is 4.99. The number of ether oxygens (including phenoxy) is 1. The molecule has 1 aliphatic rings. The van der Waals surface area contributed by atoms with Crippen molar-refractivity contribution >= 4 is 11.5 Å². The zero-order valence-electron chi connectivity index (χ0n) is 11.7. The molecule has 0 atom stereocenters. The number of carbonyl (C=O) groups excluding carboxylic acids is 1. The summed E-state index contributed by atoms with van der Waals surface area (Å²) in [5, 5.41) is 0. The summed E-state index contributed by atoms with van der Waals surface area (Å²) < 4.78 is 5.03. The Morgan fingerprint density at radius 1 is 1.30 bits per heavy atom. The third kappa shape index (κ3) is 2.16. The number of rotatable bonds is 3. The van der Waals surface area contributed by atoms with Crippen LogP contribution in [-0.4, -0.2) is 17.6 Å². The Kier molecular flexibility index (Phi) is 3.18. The first kappa shape index (κ1) is 12.7. The van der Waals surface area contributed by atoms with Gasteiger partial charge in [-0.1, -0.05) is 35.9 Å². The topological polar surface area (TPSA) is 42.1 Å². The van der Waals surface area contributed by atoms with Gasteiger partial charge in [-0.15, -0.1) is 0 Å². The van der Waals surface area contributed by atoms with E-state index in [4.69, 9.17) is 4.74 Å². The molecule has 0 bridgehead atoms. The molecule has 0 unspecified atom stereocenters. The predicted octanol–water partition coefficient (Wildman–Crippen LogP) is 3.49. The van der Waals surface area contributed by atoms with E-state index in [9.17, 15) is 4.79 Å². The number of H-pyrrole nitrogens is 1. The van der Waals surface area contributed by atoms with Crippen LogP contribution in [0.5, 0.6) is 0 Å². The van der Waals surface area contributed by atoms with E-state index < -0.39 is 0 Å². The Labute approximate surface area is 118 Å². The molecule has 3 nitrogen and oxygen atoms in total. The third-order valence-electron chi connectivity index (χ3n) is 3.55. The molecule has 20 heavy (non-hydrogen) atoms. The fraction of sp³-hybridized carbons (Fsp3) is 0.235. The van der Waals surface area contributed by atoms with Crippen LogP contribution in [0.2, 0.25) is 0 Å². The minimum Gasteiger partial charge on any atom is -0.461 e. The lowest BCUT2D eigenvalue weighted by Crippen LogP contribution is -2.05. The van der Waals surface area contributed by atoms with Gasteiger partial charge in [-0.25, -0.2) is 4.79 Å². The summed E-state index contributed by atoms with van der Waals surface area (Å²) in [4.78, 5) is 15.0. The van der Waals surface area contributed by atoms with Crippen LogP contribution in [0, 0.1) is 6.92 Å². The van der Waals surface area contributed by atoms with Crippen LogP contribution in [0.4, 0.5) is 0 Å². The number of nitrogens with one attached hydrogen (secondary N) is 1. The van der Waals surface area contributed by atoms with Gasteiger partial charge in [0.05, 0.1) is 6.61 Å². The molecule has 1 aliphatic carbocycles. The lowest BCUT2D eigenvalue weighted by Gasteiger charge is -2.04. The third-order valence-corrected chi connectivity index (χ3v) is 3.55. The molecule has 0 radical (unpaired) electrons. The van der Waals surface area contributed by atoms with Gasteiger partial charge in [-0.3, -0.25) is 0 Å². The molecule has 1 aromatic heterocycles. The molecule has 1 aromatic carbocycles. The molecular formula is C17H17NO2. The van der Waals surface area contributed by atoms with Crippen molar-refractivity contribution in [3.63, 3.8) is 0 Å². The molecule has 0 aliphatic heterocycles. The number of hydrogen-bond acceptors (Lipinski definition) is 2. The number of aromatic amines is 1. The summed E-state index contributed by atoms with van der Waals surface area (Å²) in [6.07, 6.45) is 3.05. The van der Waals surface area contributed by atoms with E-state index >= 15 is 0 Å². The largest absolute Gasteiger partial charge is 0.461 e. The lowest BCUT2D eigenvalue weighted by molar-refractivity contribution is 0.0520. The van der Waals surface area contributed by atoms with Crippen LogP contribution in [0.15, 0.2) is 36.4 Å². The maximum Gasteiger partial charge on any atom is 0.354 e. The fourth-order valence-corrected chi connectivity index (χ4v) is 2.53. The highest BCUT2D eigenvalue weighted by molar-refractivity contribution is 5.91. The Balaban J connectivity index is 1.93. The molecule has 0 spiro atoms. The summed E-state index contributed by atoms with van der Waals surface area (Å²) in [7, 11) is 0. The number of esters is 1.